The number of carbonyl (C=O) groups is 2. The van der Waals surface area contributed by atoms with Gasteiger partial charge in [-0.25, -0.2) is 0 Å². The maximum Gasteiger partial charge on any atom is 0.321 e. The average Bonchev–Trinajstić information content (AvgIpc) is 2.51. The Kier molecular flexibility index (Phi) is 5.37. The maximum atomic E-state index is 11.7. The summed E-state index contributed by atoms with van der Waals surface area (Å²) in [6.45, 7) is 0. The zero-order valence-electron chi connectivity index (χ0n) is 11.3. The zero-order valence-corrected chi connectivity index (χ0v) is 11.3. The molecule has 0 fully saturated rings. The van der Waals surface area contributed by atoms with Gasteiger partial charge < -0.3 is 9.47 Å². The molecule has 0 saturated heterocycles. The van der Waals surface area contributed by atoms with Crippen LogP contribution in [0.4, 0.5) is 5.69 Å². The predicted octanol–water partition coefficient (Wildman–Crippen LogP) is 1.16. The first-order valence-electron chi connectivity index (χ1n) is 5.76. The molecule has 0 saturated carbocycles. The summed E-state index contributed by atoms with van der Waals surface area (Å²) in [6, 6.07) is 7.12. The first-order chi connectivity index (χ1) is 9.97. The van der Waals surface area contributed by atoms with Crippen molar-refractivity contribution in [3.8, 4) is 6.07 Å². The van der Waals surface area contributed by atoms with Gasteiger partial charge in [-0.2, -0.15) is 5.26 Å². The SMILES string of the molecule is COC(=O)C(C(=O)OC)C(C#N)c1ccccc1[N+](=O)[O-]. The number of hydrogen-bond acceptors (Lipinski definition) is 7. The number of benzene rings is 1. The number of para-hydroxylation sites is 1. The van der Waals surface area contributed by atoms with E-state index >= 15 is 0 Å². The summed E-state index contributed by atoms with van der Waals surface area (Å²) in [6.07, 6.45) is 0. The highest BCUT2D eigenvalue weighted by Crippen LogP contribution is 2.32. The van der Waals surface area contributed by atoms with Crippen LogP contribution in [0, 0.1) is 27.4 Å². The van der Waals surface area contributed by atoms with Crippen molar-refractivity contribution in [1.29, 1.82) is 5.26 Å². The van der Waals surface area contributed by atoms with Crippen LogP contribution in [-0.2, 0) is 19.1 Å². The number of hydrogen-bond donors (Lipinski definition) is 0. The van der Waals surface area contributed by atoms with Crippen molar-refractivity contribution in [2.24, 2.45) is 5.92 Å². The Morgan fingerprint density at radius 1 is 1.24 bits per heavy atom. The number of carbonyl (C=O) groups excluding carboxylic acids is 2. The molecule has 0 aliphatic carbocycles. The van der Waals surface area contributed by atoms with Crippen molar-refractivity contribution >= 4 is 17.6 Å². The number of nitrogens with zero attached hydrogens (tertiary/aromatic N) is 2. The summed E-state index contributed by atoms with van der Waals surface area (Å²) in [4.78, 5) is 33.8. The summed E-state index contributed by atoms with van der Waals surface area (Å²) in [5.41, 5.74) is -0.410. The molecule has 0 bridgehead atoms. The van der Waals surface area contributed by atoms with Crippen molar-refractivity contribution < 1.29 is 24.0 Å². The van der Waals surface area contributed by atoms with Crippen LogP contribution in [0.15, 0.2) is 24.3 Å². The molecule has 1 atom stereocenters. The van der Waals surface area contributed by atoms with Crippen LogP contribution < -0.4 is 0 Å². The van der Waals surface area contributed by atoms with Gasteiger partial charge in [-0.1, -0.05) is 18.2 Å². The molecule has 0 radical (unpaired) electrons. The van der Waals surface area contributed by atoms with Gasteiger partial charge in [0.2, 0.25) is 0 Å². The molecular formula is C13H12N2O6. The zero-order chi connectivity index (χ0) is 16.0. The van der Waals surface area contributed by atoms with E-state index in [1.807, 2.05) is 0 Å². The molecule has 1 unspecified atom stereocenters. The number of nitro groups is 1. The van der Waals surface area contributed by atoms with Gasteiger partial charge >= 0.3 is 11.9 Å². The Balaban J connectivity index is 3.41. The second-order valence-electron chi connectivity index (χ2n) is 3.95. The smallest absolute Gasteiger partial charge is 0.321 e. The van der Waals surface area contributed by atoms with Gasteiger partial charge in [0.05, 0.1) is 25.2 Å². The number of nitriles is 1. The van der Waals surface area contributed by atoms with E-state index in [0.717, 1.165) is 14.2 Å². The van der Waals surface area contributed by atoms with E-state index in [1.165, 1.54) is 24.3 Å². The van der Waals surface area contributed by atoms with Gasteiger partial charge in [-0.15, -0.1) is 0 Å². The minimum Gasteiger partial charge on any atom is -0.468 e. The molecule has 0 N–H and O–H groups in total. The molecule has 0 heterocycles. The molecule has 110 valence electrons. The topological polar surface area (TPSA) is 120 Å². The largest absolute Gasteiger partial charge is 0.468 e. The molecule has 0 spiro atoms. The third-order valence-corrected chi connectivity index (χ3v) is 2.85. The summed E-state index contributed by atoms with van der Waals surface area (Å²) >= 11 is 0. The molecule has 1 aromatic rings. The van der Waals surface area contributed by atoms with Crippen LogP contribution in [-0.4, -0.2) is 31.1 Å². The van der Waals surface area contributed by atoms with E-state index in [4.69, 9.17) is 0 Å². The first kappa shape index (κ1) is 16.1. The Bertz CT molecular complexity index is 591. The third kappa shape index (κ3) is 3.33. The van der Waals surface area contributed by atoms with Gasteiger partial charge in [0.25, 0.3) is 5.69 Å². The molecule has 1 rings (SSSR count). The lowest BCUT2D eigenvalue weighted by atomic mass is 9.86. The highest BCUT2D eigenvalue weighted by Gasteiger charge is 2.40. The Hall–Kier alpha value is -2.95. The molecule has 8 heteroatoms. The van der Waals surface area contributed by atoms with Crippen LogP contribution in [0.3, 0.4) is 0 Å². The van der Waals surface area contributed by atoms with E-state index in [1.54, 1.807) is 6.07 Å². The second-order valence-corrected chi connectivity index (χ2v) is 3.95. The molecular weight excluding hydrogens is 280 g/mol. The van der Waals surface area contributed by atoms with E-state index in [0.29, 0.717) is 0 Å². The lowest BCUT2D eigenvalue weighted by Crippen LogP contribution is -2.32. The molecule has 0 amide bonds. The third-order valence-electron chi connectivity index (χ3n) is 2.85. The first-order valence-corrected chi connectivity index (χ1v) is 5.76. The monoisotopic (exact) mass is 292 g/mol. The van der Waals surface area contributed by atoms with Gasteiger partial charge in [0.15, 0.2) is 5.92 Å². The summed E-state index contributed by atoms with van der Waals surface area (Å²) in [5, 5.41) is 20.3. The highest BCUT2D eigenvalue weighted by atomic mass is 16.6. The summed E-state index contributed by atoms with van der Waals surface area (Å²) in [5.74, 6) is -4.96. The van der Waals surface area contributed by atoms with Crippen LogP contribution in [0.5, 0.6) is 0 Å². The average molecular weight is 292 g/mol. The molecule has 0 aliphatic heterocycles. The summed E-state index contributed by atoms with van der Waals surface area (Å²) < 4.78 is 8.96. The van der Waals surface area contributed by atoms with Crippen LogP contribution in [0.2, 0.25) is 0 Å². The molecule has 21 heavy (non-hydrogen) atoms. The standard InChI is InChI=1S/C13H12N2O6/c1-20-12(16)11(13(17)21-2)9(7-14)8-5-3-4-6-10(8)15(18)19/h3-6,9,11H,1-2H3. The quantitative estimate of drug-likeness (QED) is 0.345. The fraction of sp³-hybridized carbons (Fsp3) is 0.308. The maximum absolute atomic E-state index is 11.7. The van der Waals surface area contributed by atoms with Crippen LogP contribution in [0.25, 0.3) is 0 Å². The van der Waals surface area contributed by atoms with Crippen molar-refractivity contribution in [3.05, 3.63) is 39.9 Å². The normalized spacial score (nSPS) is 11.3. The predicted molar refractivity (Wildman–Crippen MR) is 69.0 cm³/mol. The van der Waals surface area contributed by atoms with Crippen molar-refractivity contribution in [2.45, 2.75) is 5.92 Å². The molecule has 0 aliphatic rings. The van der Waals surface area contributed by atoms with Crippen LogP contribution >= 0.6 is 0 Å². The minimum absolute atomic E-state index is 0.0502. The number of nitro benzene ring substituents is 1. The van der Waals surface area contributed by atoms with Crippen molar-refractivity contribution in [1.82, 2.24) is 0 Å². The van der Waals surface area contributed by atoms with E-state index in [-0.39, 0.29) is 11.3 Å². The molecule has 1 aromatic carbocycles. The Morgan fingerprint density at radius 2 is 1.76 bits per heavy atom. The Labute approximate surface area is 120 Å². The fourth-order valence-electron chi connectivity index (χ4n) is 1.86. The van der Waals surface area contributed by atoms with Gasteiger partial charge in [0, 0.05) is 11.6 Å². The number of esters is 2. The summed E-state index contributed by atoms with van der Waals surface area (Å²) in [7, 11) is 2.10. The highest BCUT2D eigenvalue weighted by molar-refractivity contribution is 5.96. The van der Waals surface area contributed by atoms with E-state index < -0.39 is 28.7 Å². The number of rotatable bonds is 5. The minimum atomic E-state index is -1.59. The van der Waals surface area contributed by atoms with Crippen molar-refractivity contribution in [3.63, 3.8) is 0 Å². The van der Waals surface area contributed by atoms with E-state index in [2.05, 4.69) is 9.47 Å². The second kappa shape index (κ2) is 7.00. The molecule has 0 aromatic heterocycles. The van der Waals surface area contributed by atoms with E-state index in [9.17, 15) is 25.0 Å². The molecule has 8 nitrogen and oxygen atoms in total. The van der Waals surface area contributed by atoms with Crippen molar-refractivity contribution in [2.75, 3.05) is 14.2 Å². The lowest BCUT2D eigenvalue weighted by molar-refractivity contribution is -0.385. The van der Waals surface area contributed by atoms with Gasteiger partial charge in [-0.05, 0) is 0 Å². The fourth-order valence-corrected chi connectivity index (χ4v) is 1.86. The Morgan fingerprint density at radius 3 is 2.19 bits per heavy atom. The lowest BCUT2D eigenvalue weighted by Gasteiger charge is -2.17. The van der Waals surface area contributed by atoms with Crippen LogP contribution in [0.1, 0.15) is 11.5 Å². The number of ether oxygens (including phenoxy) is 2. The van der Waals surface area contributed by atoms with Gasteiger partial charge in [0.1, 0.15) is 5.92 Å². The number of methoxy groups -OCH3 is 2. The van der Waals surface area contributed by atoms with Gasteiger partial charge in [-0.3, -0.25) is 19.7 Å².